The molecule has 10 heteroatoms. The van der Waals surface area contributed by atoms with Crippen LogP contribution in [0.3, 0.4) is 0 Å². The lowest BCUT2D eigenvalue weighted by molar-refractivity contribution is 0.0293. The highest BCUT2D eigenvalue weighted by Crippen LogP contribution is 2.30. The average Bonchev–Trinajstić information content (AvgIpc) is 3.03. The third-order valence-electron chi connectivity index (χ3n) is 5.78. The van der Waals surface area contributed by atoms with Gasteiger partial charge in [0.25, 0.3) is 0 Å². The fraction of sp³-hybridized carbons (Fsp3) is 0.591. The Bertz CT molecular complexity index is 798. The first kappa shape index (κ1) is 23.6. The maximum Gasteiger partial charge on any atom is 0.409 e. The van der Waals surface area contributed by atoms with Gasteiger partial charge in [0.2, 0.25) is 0 Å². The topological polar surface area (TPSA) is 113 Å². The minimum Gasteiger partial charge on any atom is -0.491 e. The molecule has 3 rings (SSSR count). The number of alkyl carbamates (subject to hydrolysis) is 1. The van der Waals surface area contributed by atoms with E-state index in [0.29, 0.717) is 37.6 Å². The van der Waals surface area contributed by atoms with E-state index < -0.39 is 6.09 Å². The van der Waals surface area contributed by atoms with E-state index >= 15 is 0 Å². The fourth-order valence-electron chi connectivity index (χ4n) is 4.18. The number of amides is 2. The zero-order valence-electron chi connectivity index (χ0n) is 18.5. The molecular formula is C22H30N4O6. The molecule has 10 nitrogen and oxygen atoms in total. The second kappa shape index (κ2) is 11.5. The number of fused-ring (bicyclic) bond motifs is 2. The number of ether oxygens (including phenoxy) is 4. The van der Waals surface area contributed by atoms with Crippen LogP contribution in [0.5, 0.6) is 5.75 Å². The molecule has 32 heavy (non-hydrogen) atoms. The molecule has 0 aliphatic carbocycles. The lowest BCUT2D eigenvalue weighted by Gasteiger charge is -2.41. The van der Waals surface area contributed by atoms with Gasteiger partial charge in [-0.2, -0.15) is 5.26 Å². The number of rotatable bonds is 9. The van der Waals surface area contributed by atoms with Crippen molar-refractivity contribution in [2.75, 3.05) is 53.7 Å². The Labute approximate surface area is 187 Å². The van der Waals surface area contributed by atoms with E-state index in [2.05, 4.69) is 16.3 Å². The van der Waals surface area contributed by atoms with Crippen LogP contribution in [-0.4, -0.2) is 93.8 Å². The van der Waals surface area contributed by atoms with Crippen LogP contribution in [0.4, 0.5) is 9.59 Å². The van der Waals surface area contributed by atoms with Crippen LogP contribution in [0.2, 0.25) is 0 Å². The minimum absolute atomic E-state index is 0.195. The van der Waals surface area contributed by atoms with E-state index in [-0.39, 0.29) is 37.4 Å². The van der Waals surface area contributed by atoms with Crippen molar-refractivity contribution >= 4 is 12.2 Å². The van der Waals surface area contributed by atoms with Gasteiger partial charge in [0.15, 0.2) is 0 Å². The highest BCUT2D eigenvalue weighted by atomic mass is 16.6. The van der Waals surface area contributed by atoms with Crippen molar-refractivity contribution in [3.8, 4) is 11.8 Å². The van der Waals surface area contributed by atoms with Gasteiger partial charge in [-0.05, 0) is 37.1 Å². The van der Waals surface area contributed by atoms with Crippen LogP contribution >= 0.6 is 0 Å². The molecule has 0 spiro atoms. The minimum atomic E-state index is -0.522. The molecule has 2 aliphatic heterocycles. The molecule has 1 aromatic carbocycles. The maximum absolute atomic E-state index is 12.3. The molecule has 0 radical (unpaired) electrons. The molecule has 1 aromatic rings. The summed E-state index contributed by atoms with van der Waals surface area (Å²) in [7, 11) is 2.89. The number of benzene rings is 1. The predicted molar refractivity (Wildman–Crippen MR) is 114 cm³/mol. The van der Waals surface area contributed by atoms with Crippen molar-refractivity contribution in [2.24, 2.45) is 0 Å². The molecule has 174 valence electrons. The number of piperazine rings is 1. The molecular weight excluding hydrogens is 416 g/mol. The largest absolute Gasteiger partial charge is 0.491 e. The summed E-state index contributed by atoms with van der Waals surface area (Å²) in [5.74, 6) is 0.618. The number of carbonyl (C=O) groups is 2. The predicted octanol–water partition coefficient (Wildman–Crippen LogP) is 1.59. The summed E-state index contributed by atoms with van der Waals surface area (Å²) in [6.07, 6.45) is 1.13. The van der Waals surface area contributed by atoms with E-state index in [1.54, 1.807) is 36.3 Å². The quantitative estimate of drug-likeness (QED) is 0.569. The van der Waals surface area contributed by atoms with Gasteiger partial charge in [-0.1, -0.05) is 0 Å². The summed E-state index contributed by atoms with van der Waals surface area (Å²) < 4.78 is 20.8. The molecule has 2 aliphatic rings. The van der Waals surface area contributed by atoms with Crippen molar-refractivity contribution < 1.29 is 28.5 Å². The number of nitrogens with one attached hydrogen (secondary N) is 1. The molecule has 2 heterocycles. The monoisotopic (exact) mass is 446 g/mol. The molecule has 2 amide bonds. The SMILES string of the molecule is COCCOC(=O)N1CC2CCC(C1)N2C[C@@H](COc1ccc(C#N)cc1)NC(=O)OC. The van der Waals surface area contributed by atoms with Crippen molar-refractivity contribution in [1.29, 1.82) is 5.26 Å². The van der Waals surface area contributed by atoms with Crippen LogP contribution in [0.25, 0.3) is 0 Å². The lowest BCUT2D eigenvalue weighted by Crippen LogP contribution is -2.59. The number of hydrogen-bond acceptors (Lipinski definition) is 8. The van der Waals surface area contributed by atoms with E-state index in [1.165, 1.54) is 7.11 Å². The Morgan fingerprint density at radius 1 is 1.16 bits per heavy atom. The first-order chi connectivity index (χ1) is 15.5. The summed E-state index contributed by atoms with van der Waals surface area (Å²) >= 11 is 0. The molecule has 2 unspecified atom stereocenters. The van der Waals surface area contributed by atoms with E-state index in [1.807, 2.05) is 0 Å². The number of hydrogen-bond donors (Lipinski definition) is 1. The fourth-order valence-corrected chi connectivity index (χ4v) is 4.18. The Kier molecular flexibility index (Phi) is 8.53. The Hall–Kier alpha value is -3.03. The van der Waals surface area contributed by atoms with E-state index in [4.69, 9.17) is 24.2 Å². The Balaban J connectivity index is 1.57. The van der Waals surface area contributed by atoms with Crippen molar-refractivity contribution in [3.63, 3.8) is 0 Å². The number of likely N-dealkylation sites (tertiary alicyclic amines) is 1. The summed E-state index contributed by atoms with van der Waals surface area (Å²) in [5, 5.41) is 11.8. The highest BCUT2D eigenvalue weighted by Gasteiger charge is 2.42. The van der Waals surface area contributed by atoms with E-state index in [9.17, 15) is 9.59 Å². The zero-order chi connectivity index (χ0) is 22.9. The smallest absolute Gasteiger partial charge is 0.409 e. The van der Waals surface area contributed by atoms with Gasteiger partial charge in [-0.15, -0.1) is 0 Å². The molecule has 2 saturated heterocycles. The standard InChI is InChI=1S/C22H30N4O6/c1-29-9-10-31-22(28)25-13-18-5-6-19(14-25)26(18)12-17(24-21(27)30-2)15-32-20-7-3-16(11-23)4-8-20/h3-4,7-8,17-19H,5-6,9-10,12-15H2,1-2H3,(H,24,27)/t17-,18?,19?/m0/s1. The van der Waals surface area contributed by atoms with Gasteiger partial charge in [0, 0.05) is 38.8 Å². The Morgan fingerprint density at radius 3 is 2.44 bits per heavy atom. The molecule has 0 aromatic heterocycles. The Morgan fingerprint density at radius 2 is 1.84 bits per heavy atom. The molecule has 3 atom stereocenters. The molecule has 2 fully saturated rings. The van der Waals surface area contributed by atoms with Gasteiger partial charge < -0.3 is 29.2 Å². The first-order valence-electron chi connectivity index (χ1n) is 10.7. The third kappa shape index (κ3) is 6.24. The molecule has 0 saturated carbocycles. The van der Waals surface area contributed by atoms with Gasteiger partial charge >= 0.3 is 12.2 Å². The second-order valence-corrected chi connectivity index (χ2v) is 7.87. The maximum atomic E-state index is 12.3. The summed E-state index contributed by atoms with van der Waals surface area (Å²) in [6, 6.07) is 8.98. The van der Waals surface area contributed by atoms with Crippen molar-refractivity contribution in [3.05, 3.63) is 29.8 Å². The zero-order valence-corrected chi connectivity index (χ0v) is 18.5. The second-order valence-electron chi connectivity index (χ2n) is 7.87. The van der Waals surface area contributed by atoms with Gasteiger partial charge in [0.1, 0.15) is 19.0 Å². The summed E-state index contributed by atoms with van der Waals surface area (Å²) in [4.78, 5) is 28.3. The van der Waals surface area contributed by atoms with Crippen LogP contribution in [0.1, 0.15) is 18.4 Å². The van der Waals surface area contributed by atoms with Gasteiger partial charge in [0.05, 0.1) is 31.4 Å². The third-order valence-corrected chi connectivity index (χ3v) is 5.78. The van der Waals surface area contributed by atoms with Gasteiger partial charge in [-0.25, -0.2) is 9.59 Å². The lowest BCUT2D eigenvalue weighted by atomic mass is 10.1. The van der Waals surface area contributed by atoms with Gasteiger partial charge in [-0.3, -0.25) is 4.90 Å². The first-order valence-corrected chi connectivity index (χ1v) is 10.7. The number of nitrogens with zero attached hydrogens (tertiary/aromatic N) is 3. The molecule has 1 N–H and O–H groups in total. The van der Waals surface area contributed by atoms with Crippen LogP contribution in [-0.2, 0) is 14.2 Å². The van der Waals surface area contributed by atoms with E-state index in [0.717, 1.165) is 12.8 Å². The van der Waals surface area contributed by atoms with Crippen molar-refractivity contribution in [1.82, 2.24) is 15.1 Å². The molecule has 2 bridgehead atoms. The summed E-state index contributed by atoms with van der Waals surface area (Å²) in [5.41, 5.74) is 0.553. The van der Waals surface area contributed by atoms with Crippen LogP contribution in [0, 0.1) is 11.3 Å². The van der Waals surface area contributed by atoms with Crippen LogP contribution < -0.4 is 10.1 Å². The number of carbonyl (C=O) groups excluding carboxylic acids is 2. The number of nitriles is 1. The number of methoxy groups -OCH3 is 2. The van der Waals surface area contributed by atoms with Crippen molar-refractivity contribution in [2.45, 2.75) is 31.0 Å². The van der Waals surface area contributed by atoms with Crippen LogP contribution in [0.15, 0.2) is 24.3 Å². The summed E-state index contributed by atoms with van der Waals surface area (Å²) in [6.45, 7) is 2.61. The normalized spacial score (nSPS) is 20.8. The average molecular weight is 447 g/mol. The highest BCUT2D eigenvalue weighted by molar-refractivity contribution is 5.68.